The maximum absolute atomic E-state index is 2.63. The first-order chi connectivity index (χ1) is 7.70. The smallest absolute Gasteiger partial charge is 0.0240 e. The quantitative estimate of drug-likeness (QED) is 0.322. The highest BCUT2D eigenvalue weighted by Crippen LogP contribution is 2.01. The molecule has 0 heterocycles. The van der Waals surface area contributed by atoms with E-state index in [2.05, 4.69) is 38.7 Å². The zero-order valence-electron chi connectivity index (χ0n) is 11.9. The Labute approximate surface area is 105 Å². The summed E-state index contributed by atoms with van der Waals surface area (Å²) in [6.07, 6.45) is 6.45. The summed E-state index contributed by atoms with van der Waals surface area (Å²) in [6, 6.07) is 2.93. The third kappa shape index (κ3) is 10.4. The standard InChI is InChI=1S/C14H31NSi/c1-5-9-15(10-6-2)11-7-12-16-13-8-14(3)4/h8H,5-7,9-13,16H2,1-4H3. The molecule has 0 aliphatic heterocycles. The lowest BCUT2D eigenvalue weighted by molar-refractivity contribution is 0.275. The van der Waals surface area contributed by atoms with Crippen LogP contribution in [0.15, 0.2) is 11.6 Å². The minimum atomic E-state index is 0.195. The van der Waals surface area contributed by atoms with E-state index in [1.54, 1.807) is 0 Å². The second-order valence-corrected chi connectivity index (χ2v) is 6.96. The summed E-state index contributed by atoms with van der Waals surface area (Å²) in [5.41, 5.74) is 1.49. The topological polar surface area (TPSA) is 3.24 Å². The van der Waals surface area contributed by atoms with Gasteiger partial charge in [-0.15, -0.1) is 0 Å². The van der Waals surface area contributed by atoms with Crippen molar-refractivity contribution >= 4 is 9.52 Å². The van der Waals surface area contributed by atoms with E-state index in [0.717, 1.165) is 0 Å². The monoisotopic (exact) mass is 241 g/mol. The molecule has 2 heteroatoms. The van der Waals surface area contributed by atoms with Crippen molar-refractivity contribution in [1.29, 1.82) is 0 Å². The van der Waals surface area contributed by atoms with E-state index in [1.807, 2.05) is 0 Å². The molecule has 0 atom stereocenters. The van der Waals surface area contributed by atoms with Crippen LogP contribution in [0.5, 0.6) is 0 Å². The van der Waals surface area contributed by atoms with Gasteiger partial charge in [-0.3, -0.25) is 0 Å². The SMILES string of the molecule is CCCN(CCC)CCC[SiH2]CC=C(C)C. The Balaban J connectivity index is 3.43. The minimum Gasteiger partial charge on any atom is -0.303 e. The fourth-order valence-corrected chi connectivity index (χ4v) is 3.66. The molecule has 0 radical (unpaired) electrons. The van der Waals surface area contributed by atoms with Crippen LogP contribution in [-0.2, 0) is 0 Å². The van der Waals surface area contributed by atoms with Crippen LogP contribution in [0.1, 0.15) is 47.0 Å². The van der Waals surface area contributed by atoms with E-state index in [0.29, 0.717) is 0 Å². The van der Waals surface area contributed by atoms with Gasteiger partial charge in [0.1, 0.15) is 0 Å². The van der Waals surface area contributed by atoms with Crippen molar-refractivity contribution in [2.24, 2.45) is 0 Å². The number of hydrogen-bond acceptors (Lipinski definition) is 1. The Morgan fingerprint density at radius 1 is 1.06 bits per heavy atom. The molecule has 0 rings (SSSR count). The molecule has 0 spiro atoms. The van der Waals surface area contributed by atoms with Gasteiger partial charge in [0, 0.05) is 9.52 Å². The number of allylic oxidation sites excluding steroid dienone is 2. The molecule has 0 aromatic heterocycles. The van der Waals surface area contributed by atoms with Crippen LogP contribution in [0.25, 0.3) is 0 Å². The summed E-state index contributed by atoms with van der Waals surface area (Å²) >= 11 is 0. The van der Waals surface area contributed by atoms with Crippen molar-refractivity contribution in [3.8, 4) is 0 Å². The van der Waals surface area contributed by atoms with Gasteiger partial charge < -0.3 is 4.90 Å². The summed E-state index contributed by atoms with van der Waals surface area (Å²) in [6.45, 7) is 12.9. The number of hydrogen-bond donors (Lipinski definition) is 0. The molecular formula is C14H31NSi. The number of rotatable bonds is 10. The summed E-state index contributed by atoms with van der Waals surface area (Å²) in [5.74, 6) is 0. The second-order valence-electron chi connectivity index (χ2n) is 4.97. The molecule has 1 nitrogen and oxygen atoms in total. The predicted molar refractivity (Wildman–Crippen MR) is 79.2 cm³/mol. The summed E-state index contributed by atoms with van der Waals surface area (Å²) < 4.78 is 0. The zero-order valence-corrected chi connectivity index (χ0v) is 13.3. The van der Waals surface area contributed by atoms with Gasteiger partial charge in [0.05, 0.1) is 0 Å². The average molecular weight is 241 g/mol. The Morgan fingerprint density at radius 2 is 1.69 bits per heavy atom. The molecule has 0 N–H and O–H groups in total. The van der Waals surface area contributed by atoms with Crippen LogP contribution < -0.4 is 0 Å². The van der Waals surface area contributed by atoms with Gasteiger partial charge >= 0.3 is 0 Å². The van der Waals surface area contributed by atoms with Gasteiger partial charge in [-0.2, -0.15) is 0 Å². The minimum absolute atomic E-state index is 0.195. The van der Waals surface area contributed by atoms with Crippen LogP contribution in [0.3, 0.4) is 0 Å². The van der Waals surface area contributed by atoms with Gasteiger partial charge in [-0.05, 0) is 58.8 Å². The Hall–Kier alpha value is -0.0831. The molecule has 0 bridgehead atoms. The predicted octanol–water partition coefficient (Wildman–Crippen LogP) is 3.47. The van der Waals surface area contributed by atoms with E-state index in [1.165, 1.54) is 56.6 Å². The van der Waals surface area contributed by atoms with Crippen molar-refractivity contribution in [3.05, 3.63) is 11.6 Å². The Bertz CT molecular complexity index is 168. The molecule has 16 heavy (non-hydrogen) atoms. The Kier molecular flexibility index (Phi) is 11.3. The van der Waals surface area contributed by atoms with Crippen LogP contribution in [-0.4, -0.2) is 34.1 Å². The van der Waals surface area contributed by atoms with Crippen LogP contribution in [0, 0.1) is 0 Å². The molecule has 96 valence electrons. The van der Waals surface area contributed by atoms with Gasteiger partial charge in [-0.1, -0.05) is 31.5 Å². The molecule has 0 aromatic rings. The third-order valence-electron chi connectivity index (χ3n) is 2.81. The van der Waals surface area contributed by atoms with E-state index in [-0.39, 0.29) is 9.52 Å². The molecule has 0 saturated carbocycles. The van der Waals surface area contributed by atoms with Crippen LogP contribution in [0.4, 0.5) is 0 Å². The van der Waals surface area contributed by atoms with Crippen molar-refractivity contribution in [2.45, 2.75) is 59.0 Å². The molecular weight excluding hydrogens is 210 g/mol. The highest BCUT2D eigenvalue weighted by Gasteiger charge is 2.01. The summed E-state index contributed by atoms with van der Waals surface area (Å²) in [7, 11) is 0.195. The molecule has 0 fully saturated rings. The van der Waals surface area contributed by atoms with Crippen LogP contribution in [0.2, 0.25) is 12.1 Å². The fraction of sp³-hybridized carbons (Fsp3) is 0.857. The van der Waals surface area contributed by atoms with E-state index < -0.39 is 0 Å². The van der Waals surface area contributed by atoms with Gasteiger partial charge in [0.2, 0.25) is 0 Å². The van der Waals surface area contributed by atoms with Crippen molar-refractivity contribution in [2.75, 3.05) is 19.6 Å². The lowest BCUT2D eigenvalue weighted by atomic mass is 10.3. The maximum atomic E-state index is 2.63. The first kappa shape index (κ1) is 15.9. The first-order valence-corrected chi connectivity index (χ1v) is 9.06. The van der Waals surface area contributed by atoms with Crippen LogP contribution >= 0.6 is 0 Å². The summed E-state index contributed by atoms with van der Waals surface area (Å²) in [4.78, 5) is 2.63. The maximum Gasteiger partial charge on any atom is 0.0240 e. The van der Waals surface area contributed by atoms with Gasteiger partial charge in [-0.25, -0.2) is 0 Å². The molecule has 0 saturated heterocycles. The van der Waals surface area contributed by atoms with E-state index in [4.69, 9.17) is 0 Å². The first-order valence-electron chi connectivity index (χ1n) is 7.06. The lowest BCUT2D eigenvalue weighted by Crippen LogP contribution is -2.26. The van der Waals surface area contributed by atoms with Crippen molar-refractivity contribution in [1.82, 2.24) is 4.90 Å². The molecule has 0 amide bonds. The molecule has 0 aliphatic carbocycles. The second kappa shape index (κ2) is 11.4. The lowest BCUT2D eigenvalue weighted by Gasteiger charge is -2.20. The summed E-state index contributed by atoms with van der Waals surface area (Å²) in [5, 5.41) is 0. The van der Waals surface area contributed by atoms with Crippen molar-refractivity contribution in [3.63, 3.8) is 0 Å². The largest absolute Gasteiger partial charge is 0.303 e. The van der Waals surface area contributed by atoms with E-state index in [9.17, 15) is 0 Å². The normalized spacial score (nSPS) is 11.6. The Morgan fingerprint density at radius 3 is 2.19 bits per heavy atom. The number of nitrogens with zero attached hydrogens (tertiary/aromatic N) is 1. The highest BCUT2D eigenvalue weighted by molar-refractivity contribution is 6.36. The fourth-order valence-electron chi connectivity index (χ4n) is 2.02. The zero-order chi connectivity index (χ0) is 12.2. The van der Waals surface area contributed by atoms with E-state index >= 15 is 0 Å². The highest BCUT2D eigenvalue weighted by atomic mass is 28.2. The third-order valence-corrected chi connectivity index (χ3v) is 4.51. The molecule has 0 aliphatic rings. The molecule has 0 aromatic carbocycles. The average Bonchev–Trinajstić information content (AvgIpc) is 2.23. The molecule has 0 unspecified atom stereocenters. The van der Waals surface area contributed by atoms with Gasteiger partial charge in [0.25, 0.3) is 0 Å². The van der Waals surface area contributed by atoms with Gasteiger partial charge in [0.15, 0.2) is 0 Å². The van der Waals surface area contributed by atoms with Crippen molar-refractivity contribution < 1.29 is 0 Å².